The monoisotopic (exact) mass is 323 g/mol. The Labute approximate surface area is 139 Å². The van der Waals surface area contributed by atoms with E-state index in [1.54, 1.807) is 31.4 Å². The lowest BCUT2D eigenvalue weighted by molar-refractivity contribution is -0.136. The van der Waals surface area contributed by atoms with Crippen molar-refractivity contribution in [3.05, 3.63) is 42.0 Å². The third kappa shape index (κ3) is 1.62. The van der Waals surface area contributed by atoms with E-state index in [9.17, 15) is 14.4 Å². The lowest BCUT2D eigenvalue weighted by atomic mass is 9.63. The van der Waals surface area contributed by atoms with E-state index in [0.29, 0.717) is 23.1 Å². The zero-order valence-corrected chi connectivity index (χ0v) is 13.2. The molecule has 2 bridgehead atoms. The summed E-state index contributed by atoms with van der Waals surface area (Å²) in [6, 6.07) is 6.50. The van der Waals surface area contributed by atoms with Gasteiger partial charge >= 0.3 is 0 Å². The van der Waals surface area contributed by atoms with Gasteiger partial charge in [-0.1, -0.05) is 12.2 Å². The van der Waals surface area contributed by atoms with Crippen LogP contribution < -0.4 is 4.74 Å². The molecule has 3 fully saturated rings. The zero-order chi connectivity index (χ0) is 16.6. The molecule has 1 aromatic rings. The van der Waals surface area contributed by atoms with Crippen molar-refractivity contribution >= 4 is 17.7 Å². The van der Waals surface area contributed by atoms with Gasteiger partial charge in [0.15, 0.2) is 0 Å². The number of likely N-dealkylation sites (tertiary alicyclic amines) is 1. The Morgan fingerprint density at radius 2 is 1.54 bits per heavy atom. The van der Waals surface area contributed by atoms with Crippen LogP contribution in [0.4, 0.5) is 0 Å². The van der Waals surface area contributed by atoms with Crippen LogP contribution in [-0.2, 0) is 9.59 Å². The summed E-state index contributed by atoms with van der Waals surface area (Å²) >= 11 is 0. The summed E-state index contributed by atoms with van der Waals surface area (Å²) < 4.78 is 5.08. The Hall–Kier alpha value is -2.43. The Morgan fingerprint density at radius 3 is 2.04 bits per heavy atom. The van der Waals surface area contributed by atoms with Crippen LogP contribution in [0.1, 0.15) is 16.8 Å². The van der Waals surface area contributed by atoms with Gasteiger partial charge in [-0.15, -0.1) is 0 Å². The smallest absolute Gasteiger partial charge is 0.267 e. The van der Waals surface area contributed by atoms with Crippen molar-refractivity contribution in [2.24, 2.45) is 35.5 Å². The molecule has 24 heavy (non-hydrogen) atoms. The number of methoxy groups -OCH3 is 1. The minimum atomic E-state index is -0.518. The summed E-state index contributed by atoms with van der Waals surface area (Å²) in [5.41, 5.74) is 0.335. The van der Waals surface area contributed by atoms with Crippen LogP contribution in [0.15, 0.2) is 36.4 Å². The highest BCUT2D eigenvalue weighted by Crippen LogP contribution is 2.65. The van der Waals surface area contributed by atoms with E-state index < -0.39 is 5.91 Å². The summed E-state index contributed by atoms with van der Waals surface area (Å²) in [5, 5.41) is 0. The van der Waals surface area contributed by atoms with Gasteiger partial charge in [0.1, 0.15) is 5.75 Å². The number of rotatable bonds is 2. The number of hydrogen-bond donors (Lipinski definition) is 0. The van der Waals surface area contributed by atoms with Gasteiger partial charge in [0.25, 0.3) is 5.91 Å². The molecule has 1 saturated heterocycles. The second kappa shape index (κ2) is 4.56. The maximum atomic E-state index is 12.9. The molecule has 1 aromatic carbocycles. The Kier molecular flexibility index (Phi) is 2.65. The van der Waals surface area contributed by atoms with Gasteiger partial charge in [-0.05, 0) is 54.4 Å². The van der Waals surface area contributed by atoms with E-state index >= 15 is 0 Å². The van der Waals surface area contributed by atoms with Gasteiger partial charge < -0.3 is 4.74 Å². The number of hydrogen-bond acceptors (Lipinski definition) is 4. The Balaban J connectivity index is 1.48. The molecule has 0 N–H and O–H groups in total. The predicted molar refractivity (Wildman–Crippen MR) is 83.9 cm³/mol. The molecule has 1 heterocycles. The maximum absolute atomic E-state index is 12.9. The highest BCUT2D eigenvalue weighted by Gasteiger charge is 2.67. The highest BCUT2D eigenvalue weighted by molar-refractivity contribution is 6.21. The number of benzene rings is 1. The summed E-state index contributed by atoms with van der Waals surface area (Å²) in [7, 11) is 1.54. The topological polar surface area (TPSA) is 63.7 Å². The summed E-state index contributed by atoms with van der Waals surface area (Å²) in [5.74, 6) is 0.160. The molecule has 6 rings (SSSR count). The number of allylic oxidation sites excluding steroid dienone is 2. The number of carbonyl (C=O) groups excluding carboxylic acids is 3. The number of carbonyl (C=O) groups is 3. The summed E-state index contributed by atoms with van der Waals surface area (Å²) in [6.07, 6.45) is 5.32. The first-order valence-corrected chi connectivity index (χ1v) is 8.36. The largest absolute Gasteiger partial charge is 0.497 e. The minimum Gasteiger partial charge on any atom is -0.497 e. The van der Waals surface area contributed by atoms with Crippen molar-refractivity contribution in [2.75, 3.05) is 7.11 Å². The van der Waals surface area contributed by atoms with Crippen LogP contribution in [0, 0.1) is 35.5 Å². The van der Waals surface area contributed by atoms with Crippen molar-refractivity contribution < 1.29 is 19.1 Å². The van der Waals surface area contributed by atoms with E-state index in [1.165, 1.54) is 0 Å². The molecule has 4 aliphatic carbocycles. The average molecular weight is 323 g/mol. The summed E-state index contributed by atoms with van der Waals surface area (Å²) in [4.78, 5) is 39.4. The average Bonchev–Trinajstić information content (AvgIpc) is 3.39. The van der Waals surface area contributed by atoms with Gasteiger partial charge in [-0.2, -0.15) is 0 Å². The third-order valence-electron chi connectivity index (χ3n) is 6.20. The fourth-order valence-electron chi connectivity index (χ4n) is 5.02. The van der Waals surface area contributed by atoms with E-state index in [1.807, 2.05) is 0 Å². The molecule has 0 aromatic heterocycles. The van der Waals surface area contributed by atoms with E-state index in [2.05, 4.69) is 12.2 Å². The van der Waals surface area contributed by atoms with E-state index in [-0.39, 0.29) is 35.5 Å². The molecule has 5 nitrogen and oxygen atoms in total. The lowest BCUT2D eigenvalue weighted by Gasteiger charge is -2.37. The van der Waals surface area contributed by atoms with E-state index in [0.717, 1.165) is 11.3 Å². The van der Waals surface area contributed by atoms with Crippen LogP contribution in [0.3, 0.4) is 0 Å². The predicted octanol–water partition coefficient (Wildman–Crippen LogP) is 1.89. The molecule has 6 atom stereocenters. The molecular weight excluding hydrogens is 306 g/mol. The quantitative estimate of drug-likeness (QED) is 0.616. The molecule has 1 aliphatic heterocycles. The third-order valence-corrected chi connectivity index (χ3v) is 6.20. The zero-order valence-electron chi connectivity index (χ0n) is 13.2. The van der Waals surface area contributed by atoms with Gasteiger partial charge in [0, 0.05) is 5.56 Å². The van der Waals surface area contributed by atoms with Crippen LogP contribution in [0.25, 0.3) is 0 Å². The molecule has 0 unspecified atom stereocenters. The van der Waals surface area contributed by atoms with E-state index in [4.69, 9.17) is 4.74 Å². The minimum absolute atomic E-state index is 0.134. The van der Waals surface area contributed by atoms with Crippen molar-refractivity contribution in [3.8, 4) is 5.75 Å². The highest BCUT2D eigenvalue weighted by atomic mass is 16.5. The first-order chi connectivity index (χ1) is 11.6. The van der Waals surface area contributed by atoms with Gasteiger partial charge in [-0.3, -0.25) is 14.4 Å². The molecule has 0 spiro atoms. The fraction of sp³-hybridized carbons (Fsp3) is 0.421. The van der Waals surface area contributed by atoms with Crippen LogP contribution >= 0.6 is 0 Å². The second-order valence-electron chi connectivity index (χ2n) is 7.20. The van der Waals surface area contributed by atoms with Crippen LogP contribution in [0.5, 0.6) is 5.75 Å². The molecule has 3 amide bonds. The number of nitrogens with zero attached hydrogens (tertiary/aromatic N) is 1. The number of imide groups is 3. The number of ether oxygens (including phenoxy) is 1. The van der Waals surface area contributed by atoms with Crippen molar-refractivity contribution in [2.45, 2.75) is 6.42 Å². The Morgan fingerprint density at radius 1 is 1.00 bits per heavy atom. The molecule has 5 aliphatic rings. The van der Waals surface area contributed by atoms with Crippen molar-refractivity contribution in [3.63, 3.8) is 0 Å². The number of amides is 3. The van der Waals surface area contributed by atoms with Crippen molar-refractivity contribution in [1.82, 2.24) is 4.90 Å². The van der Waals surface area contributed by atoms with Gasteiger partial charge in [0.2, 0.25) is 11.8 Å². The van der Waals surface area contributed by atoms with Crippen molar-refractivity contribution in [1.29, 1.82) is 0 Å². The lowest BCUT2D eigenvalue weighted by Crippen LogP contribution is -2.40. The molecule has 5 heteroatoms. The first-order valence-electron chi connectivity index (χ1n) is 8.36. The molecule has 2 saturated carbocycles. The standard InChI is InChI=1S/C19H17NO4/c1-24-10-4-2-9(3-5-10)17(21)20-18(22)15-11-6-7-12(14-8-13(11)14)16(15)19(20)23/h2-7,11-16H,8H2,1H3/t11-,12-,13-,14-,15-,16+/m0/s1. The molecule has 122 valence electrons. The maximum Gasteiger partial charge on any atom is 0.267 e. The second-order valence-corrected chi connectivity index (χ2v) is 7.20. The normalized spacial score (nSPS) is 38.1. The van der Waals surface area contributed by atoms with Gasteiger partial charge in [0.05, 0.1) is 18.9 Å². The van der Waals surface area contributed by atoms with Crippen LogP contribution in [-0.4, -0.2) is 29.7 Å². The molecular formula is C19H17NO4. The molecule has 0 radical (unpaired) electrons. The van der Waals surface area contributed by atoms with Crippen LogP contribution in [0.2, 0.25) is 0 Å². The fourth-order valence-corrected chi connectivity index (χ4v) is 5.02. The SMILES string of the molecule is COc1ccc(C(=O)N2C(=O)[C@@H]3[C@H]4C=C[C@@H]([C@@H]5C[C@@H]45)[C@@H]3C2=O)cc1. The first kappa shape index (κ1) is 14.0. The Bertz CT molecular complexity index is 760. The van der Waals surface area contributed by atoms with Gasteiger partial charge in [-0.25, -0.2) is 4.90 Å². The summed E-state index contributed by atoms with van der Waals surface area (Å²) in [6.45, 7) is 0.